The van der Waals surface area contributed by atoms with E-state index in [0.717, 1.165) is 18.8 Å². The number of rotatable bonds is 2. The molecule has 17 heavy (non-hydrogen) atoms. The van der Waals surface area contributed by atoms with Gasteiger partial charge < -0.3 is 10.0 Å². The quantitative estimate of drug-likeness (QED) is 0.828. The van der Waals surface area contributed by atoms with Crippen LogP contribution in [0.15, 0.2) is 12.4 Å². The van der Waals surface area contributed by atoms with E-state index in [1.807, 2.05) is 4.90 Å². The van der Waals surface area contributed by atoms with E-state index in [9.17, 15) is 9.18 Å². The number of fused-ring (bicyclic) bond motifs is 1. The molecule has 2 aliphatic rings. The number of anilines is 1. The van der Waals surface area contributed by atoms with Crippen LogP contribution in [0.5, 0.6) is 0 Å². The first kappa shape index (κ1) is 10.4. The molecule has 1 saturated carbocycles. The van der Waals surface area contributed by atoms with E-state index in [1.54, 1.807) is 0 Å². The first-order valence-corrected chi connectivity index (χ1v) is 5.58. The summed E-state index contributed by atoms with van der Waals surface area (Å²) in [5.41, 5.74) is -0.503. The molecule has 3 rings (SSSR count). The molecule has 0 radical (unpaired) electrons. The summed E-state index contributed by atoms with van der Waals surface area (Å²) in [6.45, 7) is 1.27. The zero-order chi connectivity index (χ0) is 12.0. The van der Waals surface area contributed by atoms with Gasteiger partial charge in [0.2, 0.25) is 5.95 Å². The lowest BCUT2D eigenvalue weighted by Gasteiger charge is -2.29. The number of hydrogen-bond acceptors (Lipinski definition) is 4. The van der Waals surface area contributed by atoms with Crippen LogP contribution in [0.25, 0.3) is 0 Å². The molecule has 1 aromatic heterocycles. The van der Waals surface area contributed by atoms with Gasteiger partial charge in [0.05, 0.1) is 17.8 Å². The number of hydrogen-bond donors (Lipinski definition) is 1. The van der Waals surface area contributed by atoms with Crippen molar-refractivity contribution in [2.24, 2.45) is 11.3 Å². The van der Waals surface area contributed by atoms with Crippen molar-refractivity contribution in [2.45, 2.75) is 12.8 Å². The molecule has 90 valence electrons. The Morgan fingerprint density at radius 1 is 1.53 bits per heavy atom. The molecule has 0 bridgehead atoms. The van der Waals surface area contributed by atoms with Gasteiger partial charge in [-0.1, -0.05) is 0 Å². The van der Waals surface area contributed by atoms with Gasteiger partial charge in [0.1, 0.15) is 0 Å². The molecule has 1 saturated heterocycles. The fraction of sp³-hybridized carbons (Fsp3) is 0.545. The number of nitrogens with zero attached hydrogens (tertiary/aromatic N) is 3. The van der Waals surface area contributed by atoms with Crippen LogP contribution in [0.4, 0.5) is 10.3 Å². The second-order valence-corrected chi connectivity index (χ2v) is 4.76. The standard InChI is InChI=1S/C11H12FN3O2/c12-8-4-13-10(14-5-8)15-2-1-11(9(16)17)3-7(11)6-15/h4-5,7H,1-3,6H2,(H,16,17)/t7-,11+/m0/s1. The number of aromatic nitrogens is 2. The van der Waals surface area contributed by atoms with Gasteiger partial charge in [-0.25, -0.2) is 14.4 Å². The van der Waals surface area contributed by atoms with E-state index in [1.165, 1.54) is 0 Å². The maximum Gasteiger partial charge on any atom is 0.310 e. The van der Waals surface area contributed by atoms with Crippen LogP contribution in [0.1, 0.15) is 12.8 Å². The normalized spacial score (nSPS) is 30.9. The maximum atomic E-state index is 12.7. The number of carboxylic acids is 1. The Morgan fingerprint density at radius 2 is 2.24 bits per heavy atom. The van der Waals surface area contributed by atoms with Crippen molar-refractivity contribution >= 4 is 11.9 Å². The SMILES string of the molecule is O=C(O)[C@@]12CCN(c3ncc(F)cn3)C[C@@H]1C2. The van der Waals surface area contributed by atoms with E-state index in [2.05, 4.69) is 9.97 Å². The zero-order valence-corrected chi connectivity index (χ0v) is 9.14. The van der Waals surface area contributed by atoms with Crippen molar-refractivity contribution in [3.05, 3.63) is 18.2 Å². The third-order valence-corrected chi connectivity index (χ3v) is 3.82. The van der Waals surface area contributed by atoms with Gasteiger partial charge in [-0.3, -0.25) is 4.79 Å². The first-order valence-electron chi connectivity index (χ1n) is 5.58. The molecule has 1 aliphatic carbocycles. The van der Waals surface area contributed by atoms with Crippen LogP contribution in [-0.2, 0) is 4.79 Å². The Labute approximate surface area is 97.3 Å². The summed E-state index contributed by atoms with van der Waals surface area (Å²) in [6.07, 6.45) is 3.62. The lowest BCUT2D eigenvalue weighted by molar-refractivity contribution is -0.144. The van der Waals surface area contributed by atoms with E-state index in [-0.39, 0.29) is 5.92 Å². The van der Waals surface area contributed by atoms with Crippen LogP contribution in [0.3, 0.4) is 0 Å². The highest BCUT2D eigenvalue weighted by Crippen LogP contribution is 2.58. The fourth-order valence-electron chi connectivity index (χ4n) is 2.64. The molecule has 2 fully saturated rings. The van der Waals surface area contributed by atoms with Crippen LogP contribution < -0.4 is 4.90 Å². The lowest BCUT2D eigenvalue weighted by atomic mass is 9.96. The van der Waals surface area contributed by atoms with Crippen molar-refractivity contribution in [3.8, 4) is 0 Å². The number of piperidine rings is 1. The predicted octanol–water partition coefficient (Wildman–Crippen LogP) is 0.917. The summed E-state index contributed by atoms with van der Waals surface area (Å²) in [4.78, 5) is 20.9. The molecule has 6 heteroatoms. The molecule has 2 heterocycles. The first-order chi connectivity index (χ1) is 8.12. The number of aliphatic carboxylic acids is 1. The number of halogens is 1. The summed E-state index contributed by atoms with van der Waals surface area (Å²) in [6, 6.07) is 0. The Hall–Kier alpha value is -1.72. The highest BCUT2D eigenvalue weighted by Gasteiger charge is 2.62. The molecule has 0 amide bonds. The minimum atomic E-state index is -0.692. The molecule has 1 aromatic rings. The van der Waals surface area contributed by atoms with Crippen molar-refractivity contribution in [1.82, 2.24) is 9.97 Å². The largest absolute Gasteiger partial charge is 0.481 e. The minimum absolute atomic E-state index is 0.183. The van der Waals surface area contributed by atoms with Gasteiger partial charge in [-0.2, -0.15) is 0 Å². The molecule has 5 nitrogen and oxygen atoms in total. The molecule has 0 aromatic carbocycles. The Bertz CT molecular complexity index is 464. The number of carboxylic acid groups (broad SMARTS) is 1. The maximum absolute atomic E-state index is 12.7. The van der Waals surface area contributed by atoms with Crippen molar-refractivity contribution in [2.75, 3.05) is 18.0 Å². The van der Waals surface area contributed by atoms with E-state index >= 15 is 0 Å². The van der Waals surface area contributed by atoms with Crippen molar-refractivity contribution < 1.29 is 14.3 Å². The highest BCUT2D eigenvalue weighted by molar-refractivity contribution is 5.79. The Balaban J connectivity index is 1.74. The van der Waals surface area contributed by atoms with E-state index in [4.69, 9.17) is 5.11 Å². The second-order valence-electron chi connectivity index (χ2n) is 4.76. The minimum Gasteiger partial charge on any atom is -0.481 e. The molecule has 1 aliphatic heterocycles. The van der Waals surface area contributed by atoms with Crippen molar-refractivity contribution in [1.29, 1.82) is 0 Å². The molecule has 0 spiro atoms. The molecule has 2 atom stereocenters. The summed E-state index contributed by atoms with van der Waals surface area (Å²) < 4.78 is 12.7. The van der Waals surface area contributed by atoms with Gasteiger partial charge in [0.25, 0.3) is 0 Å². The summed E-state index contributed by atoms with van der Waals surface area (Å²) in [5, 5.41) is 9.13. The summed E-state index contributed by atoms with van der Waals surface area (Å²) in [7, 11) is 0. The van der Waals surface area contributed by atoms with E-state index in [0.29, 0.717) is 25.5 Å². The smallest absolute Gasteiger partial charge is 0.310 e. The van der Waals surface area contributed by atoms with Gasteiger partial charge in [0.15, 0.2) is 5.82 Å². The van der Waals surface area contributed by atoms with Gasteiger partial charge >= 0.3 is 5.97 Å². The lowest BCUT2D eigenvalue weighted by Crippen LogP contribution is -2.38. The average molecular weight is 237 g/mol. The predicted molar refractivity (Wildman–Crippen MR) is 57.0 cm³/mol. The third kappa shape index (κ3) is 1.55. The van der Waals surface area contributed by atoms with Crippen LogP contribution in [0.2, 0.25) is 0 Å². The Morgan fingerprint density at radius 3 is 2.82 bits per heavy atom. The van der Waals surface area contributed by atoms with E-state index < -0.39 is 17.2 Å². The van der Waals surface area contributed by atoms with Gasteiger partial charge in [0, 0.05) is 13.1 Å². The molecular weight excluding hydrogens is 225 g/mol. The zero-order valence-electron chi connectivity index (χ0n) is 9.14. The van der Waals surface area contributed by atoms with Gasteiger partial charge in [-0.05, 0) is 18.8 Å². The topological polar surface area (TPSA) is 66.3 Å². The molecular formula is C11H12FN3O2. The molecule has 0 unspecified atom stereocenters. The fourth-order valence-corrected chi connectivity index (χ4v) is 2.64. The Kier molecular flexibility index (Phi) is 2.08. The monoisotopic (exact) mass is 237 g/mol. The van der Waals surface area contributed by atoms with Crippen LogP contribution in [0, 0.1) is 17.2 Å². The van der Waals surface area contributed by atoms with Crippen LogP contribution >= 0.6 is 0 Å². The average Bonchev–Trinajstić information content (AvgIpc) is 3.04. The number of carbonyl (C=O) groups is 1. The summed E-state index contributed by atoms with van der Waals surface area (Å²) >= 11 is 0. The summed E-state index contributed by atoms with van der Waals surface area (Å²) in [5.74, 6) is -0.487. The van der Waals surface area contributed by atoms with Gasteiger partial charge in [-0.15, -0.1) is 0 Å². The third-order valence-electron chi connectivity index (χ3n) is 3.82. The van der Waals surface area contributed by atoms with Crippen molar-refractivity contribution in [3.63, 3.8) is 0 Å². The second kappa shape index (κ2) is 3.38. The molecule has 1 N–H and O–H groups in total. The highest BCUT2D eigenvalue weighted by atomic mass is 19.1. The van der Waals surface area contributed by atoms with Crippen LogP contribution in [-0.4, -0.2) is 34.1 Å².